The van der Waals surface area contributed by atoms with Crippen molar-refractivity contribution >= 4 is 31.2 Å². The van der Waals surface area contributed by atoms with E-state index in [0.717, 1.165) is 4.88 Å². The Balaban J connectivity index is 1.96. The Labute approximate surface area is 165 Å². The lowest BCUT2D eigenvalue weighted by Gasteiger charge is -2.20. The molecule has 2 aromatic rings. The molecule has 1 fully saturated rings. The molecule has 10 heteroatoms. The van der Waals surface area contributed by atoms with Crippen molar-refractivity contribution in [2.75, 3.05) is 18.8 Å². The molecule has 0 aromatic carbocycles. The van der Waals surface area contributed by atoms with Crippen molar-refractivity contribution in [1.29, 1.82) is 0 Å². The van der Waals surface area contributed by atoms with E-state index in [1.54, 1.807) is 24.6 Å². The number of rotatable bonds is 4. The van der Waals surface area contributed by atoms with Crippen LogP contribution >= 0.6 is 11.3 Å². The Morgan fingerprint density at radius 1 is 1.26 bits per heavy atom. The minimum Gasteiger partial charge on any atom is -0.266 e. The van der Waals surface area contributed by atoms with Gasteiger partial charge in [0, 0.05) is 24.0 Å². The van der Waals surface area contributed by atoms with E-state index in [4.69, 9.17) is 0 Å². The van der Waals surface area contributed by atoms with Crippen LogP contribution in [-0.2, 0) is 19.9 Å². The van der Waals surface area contributed by atoms with Crippen molar-refractivity contribution in [2.24, 2.45) is 0 Å². The second kappa shape index (κ2) is 7.31. The molecule has 7 nitrogen and oxygen atoms in total. The van der Waals surface area contributed by atoms with E-state index in [1.807, 2.05) is 25.3 Å². The fourth-order valence-corrected chi connectivity index (χ4v) is 8.55. The highest BCUT2D eigenvalue weighted by Crippen LogP contribution is 2.34. The molecule has 150 valence electrons. The first-order chi connectivity index (χ1) is 12.6. The fraction of sp³-hybridized carbons (Fsp3) is 0.588. The molecule has 0 spiro atoms. The van der Waals surface area contributed by atoms with E-state index in [2.05, 4.69) is 5.10 Å². The highest BCUT2D eigenvalue weighted by atomic mass is 32.2. The standard InChI is InChI=1S/C17H25N3O4S3/c1-12(2)20-14(4)17(13(3)18-20)27(23,24)19-8-7-16(15-6-5-10-25-15)26(21,22)11-9-19/h5-6,10,12,16H,7-9,11H2,1-4H3. The lowest BCUT2D eigenvalue weighted by Crippen LogP contribution is -2.34. The van der Waals surface area contributed by atoms with E-state index in [1.165, 1.54) is 15.6 Å². The van der Waals surface area contributed by atoms with Gasteiger partial charge in [0.05, 0.1) is 22.4 Å². The molecule has 1 aliphatic rings. The Hall–Kier alpha value is -1.23. The molecule has 0 aliphatic carbocycles. The molecule has 0 bridgehead atoms. The second-order valence-corrected chi connectivity index (χ2v) is 12.3. The third kappa shape index (κ3) is 3.72. The monoisotopic (exact) mass is 431 g/mol. The van der Waals surface area contributed by atoms with Gasteiger partial charge in [0.25, 0.3) is 0 Å². The van der Waals surface area contributed by atoms with Crippen molar-refractivity contribution in [2.45, 2.75) is 50.3 Å². The lowest BCUT2D eigenvalue weighted by atomic mass is 10.2. The second-order valence-electron chi connectivity index (χ2n) is 7.10. The van der Waals surface area contributed by atoms with Crippen molar-refractivity contribution in [3.05, 3.63) is 33.8 Å². The first kappa shape index (κ1) is 20.5. The third-order valence-electron chi connectivity index (χ3n) is 4.91. The van der Waals surface area contributed by atoms with Crippen LogP contribution < -0.4 is 0 Å². The molecule has 1 atom stereocenters. The van der Waals surface area contributed by atoms with Gasteiger partial charge in [-0.05, 0) is 45.6 Å². The maximum Gasteiger partial charge on any atom is 0.246 e. The zero-order valence-corrected chi connectivity index (χ0v) is 18.4. The van der Waals surface area contributed by atoms with Crippen LogP contribution in [0.1, 0.15) is 47.8 Å². The maximum atomic E-state index is 13.3. The summed E-state index contributed by atoms with van der Waals surface area (Å²) in [6.45, 7) is 7.46. The quantitative estimate of drug-likeness (QED) is 0.742. The highest BCUT2D eigenvalue weighted by Gasteiger charge is 2.38. The number of thiophene rings is 1. The molecule has 0 radical (unpaired) electrons. The maximum absolute atomic E-state index is 13.3. The molecular weight excluding hydrogens is 406 g/mol. The average molecular weight is 432 g/mol. The minimum atomic E-state index is -3.81. The first-order valence-electron chi connectivity index (χ1n) is 8.86. The molecule has 3 rings (SSSR count). The van der Waals surface area contributed by atoms with Gasteiger partial charge in [0.2, 0.25) is 10.0 Å². The predicted molar refractivity (Wildman–Crippen MR) is 106 cm³/mol. The van der Waals surface area contributed by atoms with Crippen LogP contribution in [0, 0.1) is 13.8 Å². The van der Waals surface area contributed by atoms with Crippen molar-refractivity contribution in [3.8, 4) is 0 Å². The Morgan fingerprint density at radius 3 is 2.52 bits per heavy atom. The smallest absolute Gasteiger partial charge is 0.246 e. The van der Waals surface area contributed by atoms with Crippen LogP contribution in [0.25, 0.3) is 0 Å². The summed E-state index contributed by atoms with van der Waals surface area (Å²) < 4.78 is 55.0. The van der Waals surface area contributed by atoms with Crippen LogP contribution in [-0.4, -0.2) is 49.8 Å². The summed E-state index contributed by atoms with van der Waals surface area (Å²) in [6.07, 6.45) is 0.262. The van der Waals surface area contributed by atoms with Crippen LogP contribution in [0.5, 0.6) is 0 Å². The zero-order valence-electron chi connectivity index (χ0n) is 15.9. The summed E-state index contributed by atoms with van der Waals surface area (Å²) in [7, 11) is -7.22. The van der Waals surface area contributed by atoms with Crippen molar-refractivity contribution in [3.63, 3.8) is 0 Å². The van der Waals surface area contributed by atoms with Gasteiger partial charge < -0.3 is 0 Å². The summed E-state index contributed by atoms with van der Waals surface area (Å²) in [6, 6.07) is 3.67. The molecule has 0 N–H and O–H groups in total. The first-order valence-corrected chi connectivity index (χ1v) is 12.9. The fourth-order valence-electron chi connectivity index (χ4n) is 3.61. The zero-order chi connectivity index (χ0) is 20.0. The Bertz CT molecular complexity index is 1020. The van der Waals surface area contributed by atoms with Gasteiger partial charge in [0.1, 0.15) is 4.90 Å². The van der Waals surface area contributed by atoms with Gasteiger partial charge in [-0.3, -0.25) is 4.68 Å². The van der Waals surface area contributed by atoms with E-state index >= 15 is 0 Å². The molecule has 1 aliphatic heterocycles. The summed E-state index contributed by atoms with van der Waals surface area (Å²) in [5, 5.41) is 5.58. The summed E-state index contributed by atoms with van der Waals surface area (Å²) in [5.74, 6) is -0.175. The lowest BCUT2D eigenvalue weighted by molar-refractivity contribution is 0.427. The predicted octanol–water partition coefficient (Wildman–Crippen LogP) is 2.69. The van der Waals surface area contributed by atoms with Crippen LogP contribution in [0.3, 0.4) is 0 Å². The summed E-state index contributed by atoms with van der Waals surface area (Å²) in [5.41, 5.74) is 1.03. The van der Waals surface area contributed by atoms with Gasteiger partial charge in [0.15, 0.2) is 9.84 Å². The molecule has 0 saturated carbocycles. The van der Waals surface area contributed by atoms with Gasteiger partial charge in [-0.25, -0.2) is 16.8 Å². The number of aromatic nitrogens is 2. The van der Waals surface area contributed by atoms with Gasteiger partial charge in [-0.1, -0.05) is 6.07 Å². The van der Waals surface area contributed by atoms with E-state index in [9.17, 15) is 16.8 Å². The van der Waals surface area contributed by atoms with E-state index in [-0.39, 0.29) is 36.2 Å². The Morgan fingerprint density at radius 2 is 1.96 bits per heavy atom. The topological polar surface area (TPSA) is 89.3 Å². The number of nitrogens with zero attached hydrogens (tertiary/aromatic N) is 3. The largest absolute Gasteiger partial charge is 0.266 e. The van der Waals surface area contributed by atoms with Gasteiger partial charge >= 0.3 is 0 Å². The van der Waals surface area contributed by atoms with E-state index in [0.29, 0.717) is 11.4 Å². The van der Waals surface area contributed by atoms with Crippen LogP contribution in [0.4, 0.5) is 0 Å². The molecule has 27 heavy (non-hydrogen) atoms. The summed E-state index contributed by atoms with van der Waals surface area (Å²) >= 11 is 1.40. The highest BCUT2D eigenvalue weighted by molar-refractivity contribution is 7.92. The normalized spacial score (nSPS) is 21.4. The van der Waals surface area contributed by atoms with Gasteiger partial charge in [-0.15, -0.1) is 11.3 Å². The average Bonchev–Trinajstić information content (AvgIpc) is 3.14. The third-order valence-corrected chi connectivity index (χ3v) is 10.3. The number of hydrogen-bond acceptors (Lipinski definition) is 6. The van der Waals surface area contributed by atoms with Crippen molar-refractivity contribution in [1.82, 2.24) is 14.1 Å². The SMILES string of the molecule is Cc1nn(C(C)C)c(C)c1S(=O)(=O)N1CCC(c2cccs2)S(=O)(=O)CC1. The number of hydrogen-bond donors (Lipinski definition) is 0. The minimum absolute atomic E-state index is 0.0295. The van der Waals surface area contributed by atoms with Gasteiger partial charge in [-0.2, -0.15) is 9.40 Å². The number of sulfone groups is 1. The van der Waals surface area contributed by atoms with Crippen LogP contribution in [0.15, 0.2) is 22.4 Å². The Kier molecular flexibility index (Phi) is 5.55. The number of aryl methyl sites for hydroxylation is 1. The molecular formula is C17H25N3O4S3. The van der Waals surface area contributed by atoms with E-state index < -0.39 is 25.1 Å². The number of sulfonamides is 1. The molecule has 3 heterocycles. The van der Waals surface area contributed by atoms with Crippen LogP contribution in [0.2, 0.25) is 0 Å². The summed E-state index contributed by atoms with van der Waals surface area (Å²) in [4.78, 5) is 0.970. The molecule has 1 saturated heterocycles. The van der Waals surface area contributed by atoms with Crippen molar-refractivity contribution < 1.29 is 16.8 Å². The molecule has 0 amide bonds. The molecule has 2 aromatic heterocycles. The molecule has 1 unspecified atom stereocenters.